The third kappa shape index (κ3) is 6.37. The van der Waals surface area contributed by atoms with Gasteiger partial charge in [0.25, 0.3) is 5.91 Å². The average Bonchev–Trinajstić information content (AvgIpc) is 3.09. The van der Waals surface area contributed by atoms with Crippen LogP contribution in [0.4, 0.5) is 5.69 Å². The molecule has 8 heteroatoms. The molecule has 1 fully saturated rings. The summed E-state index contributed by atoms with van der Waals surface area (Å²) in [5.41, 5.74) is 3.85. The largest absolute Gasteiger partial charge is 0.490 e. The lowest BCUT2D eigenvalue weighted by Crippen LogP contribution is -2.23. The first kappa shape index (κ1) is 25.5. The molecule has 1 amide bonds. The highest BCUT2D eigenvalue weighted by Gasteiger charge is 2.30. The number of amidine groups is 1. The quantitative estimate of drug-likeness (QED) is 0.255. The van der Waals surface area contributed by atoms with Crippen LogP contribution in [-0.4, -0.2) is 29.6 Å². The molecule has 35 heavy (non-hydrogen) atoms. The molecular weight excluding hydrogens is 592 g/mol. The molecule has 1 heterocycles. The Morgan fingerprint density at radius 1 is 1.03 bits per heavy atom. The third-order valence-electron chi connectivity index (χ3n) is 5.19. The van der Waals surface area contributed by atoms with Gasteiger partial charge in [0.2, 0.25) is 0 Å². The lowest BCUT2D eigenvalue weighted by Gasteiger charge is -2.15. The zero-order valence-corrected chi connectivity index (χ0v) is 23.5. The lowest BCUT2D eigenvalue weighted by molar-refractivity contribution is -0.121. The van der Waals surface area contributed by atoms with E-state index in [1.807, 2.05) is 80.6 Å². The van der Waals surface area contributed by atoms with Crippen molar-refractivity contribution in [2.24, 2.45) is 4.99 Å². The molecule has 0 N–H and O–H groups in total. The average molecular weight is 616 g/mol. The van der Waals surface area contributed by atoms with Crippen molar-refractivity contribution in [3.63, 3.8) is 0 Å². The van der Waals surface area contributed by atoms with Gasteiger partial charge in [0.1, 0.15) is 6.61 Å². The fourth-order valence-electron chi connectivity index (χ4n) is 3.34. The summed E-state index contributed by atoms with van der Waals surface area (Å²) in [6.45, 7) is 4.86. The Balaban J connectivity index is 1.58. The second-order valence-corrected chi connectivity index (χ2v) is 10.7. The van der Waals surface area contributed by atoms with E-state index in [2.05, 4.69) is 36.9 Å². The van der Waals surface area contributed by atoms with Gasteiger partial charge in [-0.1, -0.05) is 45.8 Å². The zero-order chi connectivity index (χ0) is 24.9. The molecule has 3 aromatic rings. The first-order valence-corrected chi connectivity index (χ1v) is 13.4. The Morgan fingerprint density at radius 2 is 1.74 bits per heavy atom. The Kier molecular flexibility index (Phi) is 8.36. The number of benzene rings is 3. The summed E-state index contributed by atoms with van der Waals surface area (Å²) in [4.78, 5) is 19.7. The highest BCUT2D eigenvalue weighted by atomic mass is 79.9. The normalized spacial score (nSPS) is 15.8. The van der Waals surface area contributed by atoms with E-state index >= 15 is 0 Å². The third-order valence-corrected chi connectivity index (χ3v) is 7.37. The van der Waals surface area contributed by atoms with Gasteiger partial charge >= 0.3 is 0 Å². The van der Waals surface area contributed by atoms with Gasteiger partial charge in [-0.3, -0.25) is 9.69 Å². The summed E-state index contributed by atoms with van der Waals surface area (Å²) in [6.07, 6.45) is 1.85. The topological polar surface area (TPSA) is 51.1 Å². The number of carbonyl (C=O) groups excluding carboxylic acids is 1. The van der Waals surface area contributed by atoms with Crippen LogP contribution < -0.4 is 9.47 Å². The fourth-order valence-corrected chi connectivity index (χ4v) is 5.17. The molecule has 0 radical (unpaired) electrons. The van der Waals surface area contributed by atoms with E-state index in [4.69, 9.17) is 9.47 Å². The van der Waals surface area contributed by atoms with Crippen LogP contribution in [0.3, 0.4) is 0 Å². The number of aryl methyl sites for hydroxylation is 1. The number of halogens is 2. The summed E-state index contributed by atoms with van der Waals surface area (Å²) < 4.78 is 13.7. The van der Waals surface area contributed by atoms with E-state index in [1.54, 1.807) is 11.9 Å². The number of thioether (sulfide) groups is 1. The number of hydrogen-bond acceptors (Lipinski definition) is 5. The van der Waals surface area contributed by atoms with Crippen LogP contribution >= 0.6 is 43.6 Å². The summed E-state index contributed by atoms with van der Waals surface area (Å²) in [6, 6.07) is 19.7. The minimum absolute atomic E-state index is 0.0921. The van der Waals surface area contributed by atoms with Crippen LogP contribution in [0.15, 0.2) is 79.5 Å². The minimum atomic E-state index is -0.0921. The number of likely N-dealkylation sites (N-methyl/N-ethyl adjacent to an activating group) is 1. The number of rotatable bonds is 7. The molecule has 0 aliphatic carbocycles. The number of amides is 1. The number of carbonyl (C=O) groups is 1. The van der Waals surface area contributed by atoms with Crippen LogP contribution in [0.5, 0.6) is 11.5 Å². The second-order valence-electron chi connectivity index (χ2n) is 7.88. The van der Waals surface area contributed by atoms with E-state index in [-0.39, 0.29) is 5.91 Å². The fraction of sp³-hybridized carbons (Fsp3) is 0.185. The van der Waals surface area contributed by atoms with Crippen molar-refractivity contribution in [1.29, 1.82) is 0 Å². The van der Waals surface area contributed by atoms with Gasteiger partial charge in [-0.05, 0) is 95.1 Å². The van der Waals surface area contributed by atoms with Crippen LogP contribution in [0.2, 0.25) is 0 Å². The van der Waals surface area contributed by atoms with Gasteiger partial charge in [0, 0.05) is 11.5 Å². The first-order chi connectivity index (χ1) is 16.8. The maximum atomic E-state index is 12.9. The van der Waals surface area contributed by atoms with E-state index in [9.17, 15) is 4.79 Å². The molecule has 3 aromatic carbocycles. The molecule has 0 spiro atoms. The summed E-state index contributed by atoms with van der Waals surface area (Å²) in [5, 5.41) is 0.642. The van der Waals surface area contributed by atoms with Crippen molar-refractivity contribution >= 4 is 66.5 Å². The molecule has 1 aliphatic heterocycles. The van der Waals surface area contributed by atoms with Gasteiger partial charge in [0.05, 0.1) is 21.7 Å². The molecule has 0 saturated carbocycles. The molecule has 4 rings (SSSR count). The number of aliphatic imine (C=N–C) groups is 1. The van der Waals surface area contributed by atoms with Crippen molar-refractivity contribution < 1.29 is 14.3 Å². The van der Waals surface area contributed by atoms with Crippen LogP contribution in [0.25, 0.3) is 6.08 Å². The SMILES string of the molecule is CCOc1cc(/C=C2/SC(=Nc3ccc(C)cc3)N(C)C2=O)cc(Br)c1OCc1ccc(Br)cc1. The summed E-state index contributed by atoms with van der Waals surface area (Å²) in [7, 11) is 1.74. The molecular formula is C27H24Br2N2O3S. The lowest BCUT2D eigenvalue weighted by atomic mass is 10.1. The van der Waals surface area contributed by atoms with Crippen LogP contribution in [0.1, 0.15) is 23.6 Å². The molecule has 0 atom stereocenters. The first-order valence-electron chi connectivity index (χ1n) is 11.0. The zero-order valence-electron chi connectivity index (χ0n) is 19.5. The van der Waals surface area contributed by atoms with Gasteiger partial charge in [-0.25, -0.2) is 4.99 Å². The number of hydrogen-bond donors (Lipinski definition) is 0. The second kappa shape index (κ2) is 11.5. The van der Waals surface area contributed by atoms with Gasteiger partial charge < -0.3 is 9.47 Å². The minimum Gasteiger partial charge on any atom is -0.490 e. The van der Waals surface area contributed by atoms with Gasteiger partial charge in [-0.2, -0.15) is 0 Å². The number of nitrogens with zero attached hydrogens (tertiary/aromatic N) is 2. The Labute approximate surface area is 226 Å². The predicted octanol–water partition coefficient (Wildman–Crippen LogP) is 7.73. The highest BCUT2D eigenvalue weighted by molar-refractivity contribution is 9.10. The van der Waals surface area contributed by atoms with Crippen molar-refractivity contribution in [3.8, 4) is 11.5 Å². The van der Waals surface area contributed by atoms with E-state index in [1.165, 1.54) is 11.8 Å². The maximum Gasteiger partial charge on any atom is 0.266 e. The molecule has 0 aromatic heterocycles. The van der Waals surface area contributed by atoms with E-state index in [0.717, 1.165) is 31.3 Å². The summed E-state index contributed by atoms with van der Waals surface area (Å²) in [5.74, 6) is 1.15. The molecule has 0 bridgehead atoms. The Bertz CT molecular complexity index is 1290. The molecule has 1 aliphatic rings. The van der Waals surface area contributed by atoms with E-state index in [0.29, 0.717) is 34.8 Å². The molecule has 0 unspecified atom stereocenters. The van der Waals surface area contributed by atoms with Crippen molar-refractivity contribution in [2.75, 3.05) is 13.7 Å². The molecule has 5 nitrogen and oxygen atoms in total. The standard InChI is InChI=1S/C27H24Br2N2O3S/c1-4-33-23-14-19(13-22(29)25(23)34-16-18-7-9-20(28)10-8-18)15-24-26(32)31(3)27(35-24)30-21-11-5-17(2)6-12-21/h5-15H,4,16H2,1-3H3/b24-15+,30-27?. The van der Waals surface area contributed by atoms with Crippen molar-refractivity contribution in [1.82, 2.24) is 4.90 Å². The predicted molar refractivity (Wildman–Crippen MR) is 150 cm³/mol. The van der Waals surface area contributed by atoms with Crippen LogP contribution in [0, 0.1) is 6.92 Å². The molecule has 180 valence electrons. The Morgan fingerprint density at radius 3 is 2.43 bits per heavy atom. The maximum absolute atomic E-state index is 12.9. The highest BCUT2D eigenvalue weighted by Crippen LogP contribution is 2.40. The summed E-state index contributed by atoms with van der Waals surface area (Å²) >= 11 is 8.43. The van der Waals surface area contributed by atoms with Gasteiger partial charge in [-0.15, -0.1) is 0 Å². The number of ether oxygens (including phenoxy) is 2. The van der Waals surface area contributed by atoms with Gasteiger partial charge in [0.15, 0.2) is 16.7 Å². The molecule has 1 saturated heterocycles. The van der Waals surface area contributed by atoms with Crippen molar-refractivity contribution in [2.45, 2.75) is 20.5 Å². The Hall–Kier alpha value is -2.55. The smallest absolute Gasteiger partial charge is 0.266 e. The monoisotopic (exact) mass is 614 g/mol. The van der Waals surface area contributed by atoms with E-state index < -0.39 is 0 Å². The van der Waals surface area contributed by atoms with Crippen molar-refractivity contribution in [3.05, 3.63) is 91.2 Å². The van der Waals surface area contributed by atoms with Crippen LogP contribution in [-0.2, 0) is 11.4 Å².